The fraction of sp³-hybridized carbons (Fsp3) is 0.250. The van der Waals surface area contributed by atoms with Gasteiger partial charge in [0.05, 0.1) is 11.0 Å². The Bertz CT molecular complexity index is 732. The van der Waals surface area contributed by atoms with E-state index in [1.165, 1.54) is 10.1 Å². The van der Waals surface area contributed by atoms with E-state index in [1.54, 1.807) is 18.3 Å². The topological polar surface area (TPSA) is 39.1 Å². The summed E-state index contributed by atoms with van der Waals surface area (Å²) < 4.78 is 1.88. The highest BCUT2D eigenvalue weighted by molar-refractivity contribution is 9.10. The molecule has 0 N–H and O–H groups in total. The Morgan fingerprint density at radius 3 is 2.50 bits per heavy atom. The van der Waals surface area contributed by atoms with Gasteiger partial charge in [0.1, 0.15) is 0 Å². The largest absolute Gasteiger partial charge is 0.307 e. The highest BCUT2D eigenvalue weighted by Gasteiger charge is 2.12. The third-order valence-corrected chi connectivity index (χ3v) is 4.03. The molecule has 0 aliphatic carbocycles. The molecule has 2 rings (SSSR count). The van der Waals surface area contributed by atoms with Crippen molar-refractivity contribution in [1.82, 2.24) is 4.57 Å². The highest BCUT2D eigenvalue weighted by Crippen LogP contribution is 2.16. The number of aryl methyl sites for hydroxylation is 3. The summed E-state index contributed by atoms with van der Waals surface area (Å²) in [5.74, 6) is -0.0502. The van der Waals surface area contributed by atoms with Crippen molar-refractivity contribution in [3.05, 3.63) is 67.5 Å². The number of aromatic nitrogens is 1. The number of halogens is 1. The maximum Gasteiger partial charge on any atom is 0.265 e. The first-order valence-electron chi connectivity index (χ1n) is 6.36. The van der Waals surface area contributed by atoms with Crippen molar-refractivity contribution in [2.45, 2.75) is 27.3 Å². The van der Waals surface area contributed by atoms with Crippen molar-refractivity contribution in [3.63, 3.8) is 0 Å². The maximum atomic E-state index is 12.4. The lowest BCUT2D eigenvalue weighted by Crippen LogP contribution is -2.24. The quantitative estimate of drug-likeness (QED) is 0.807. The van der Waals surface area contributed by atoms with Crippen LogP contribution in [0.25, 0.3) is 0 Å². The minimum Gasteiger partial charge on any atom is -0.307 e. The molecule has 0 aliphatic heterocycles. The van der Waals surface area contributed by atoms with E-state index in [0.717, 1.165) is 11.1 Å². The van der Waals surface area contributed by atoms with Gasteiger partial charge in [-0.15, -0.1) is 0 Å². The van der Waals surface area contributed by atoms with Crippen LogP contribution in [0.4, 0.5) is 0 Å². The van der Waals surface area contributed by atoms with Crippen LogP contribution in [-0.2, 0) is 6.54 Å². The number of Topliss-reactive ketones (excluding diaryl/α,β-unsaturated/α-hetero) is 1. The first-order chi connectivity index (χ1) is 9.40. The highest BCUT2D eigenvalue weighted by atomic mass is 79.9. The minimum absolute atomic E-state index is 0.0502. The molecule has 1 aromatic carbocycles. The molecule has 0 fully saturated rings. The molecule has 104 valence electrons. The Kier molecular flexibility index (Phi) is 4.23. The van der Waals surface area contributed by atoms with Gasteiger partial charge < -0.3 is 4.57 Å². The van der Waals surface area contributed by atoms with Crippen LogP contribution in [-0.4, -0.2) is 10.4 Å². The van der Waals surface area contributed by atoms with E-state index in [4.69, 9.17) is 0 Å². The van der Waals surface area contributed by atoms with Gasteiger partial charge in [-0.05, 0) is 71.6 Å². The lowest BCUT2D eigenvalue weighted by molar-refractivity contribution is 0.0970. The predicted octanol–water partition coefficient (Wildman–Crippen LogP) is 3.42. The first kappa shape index (κ1) is 14.7. The summed E-state index contributed by atoms with van der Waals surface area (Å²) in [4.78, 5) is 24.3. The van der Waals surface area contributed by atoms with Crippen molar-refractivity contribution in [2.75, 3.05) is 0 Å². The Labute approximate surface area is 126 Å². The van der Waals surface area contributed by atoms with Gasteiger partial charge in [0, 0.05) is 11.8 Å². The molecular formula is C16H16BrNO2. The molecule has 0 unspecified atom stereocenters. The van der Waals surface area contributed by atoms with Crippen LogP contribution < -0.4 is 5.56 Å². The van der Waals surface area contributed by atoms with Crippen LogP contribution in [0.5, 0.6) is 0 Å². The average molecular weight is 334 g/mol. The SMILES string of the molecule is Cc1cc(C)c(C(=O)Cn2cccc(Br)c2=O)cc1C. The number of hydrogen-bond donors (Lipinski definition) is 0. The zero-order chi connectivity index (χ0) is 14.9. The summed E-state index contributed by atoms with van der Waals surface area (Å²) in [7, 11) is 0. The molecule has 0 atom stereocenters. The molecule has 0 spiro atoms. The second-order valence-electron chi connectivity index (χ2n) is 4.96. The second kappa shape index (κ2) is 5.75. The molecule has 3 nitrogen and oxygen atoms in total. The van der Waals surface area contributed by atoms with E-state index in [1.807, 2.05) is 32.9 Å². The van der Waals surface area contributed by atoms with Crippen molar-refractivity contribution in [2.24, 2.45) is 0 Å². The van der Waals surface area contributed by atoms with Gasteiger partial charge in [-0.3, -0.25) is 9.59 Å². The van der Waals surface area contributed by atoms with Gasteiger partial charge in [0.2, 0.25) is 0 Å². The lowest BCUT2D eigenvalue weighted by Gasteiger charge is -2.10. The number of carbonyl (C=O) groups excluding carboxylic acids is 1. The summed E-state index contributed by atoms with van der Waals surface area (Å²) in [6.07, 6.45) is 1.63. The maximum absolute atomic E-state index is 12.4. The van der Waals surface area contributed by atoms with Gasteiger partial charge in [-0.1, -0.05) is 6.07 Å². The van der Waals surface area contributed by atoms with Crippen molar-refractivity contribution in [1.29, 1.82) is 0 Å². The predicted molar refractivity (Wildman–Crippen MR) is 83.4 cm³/mol. The number of pyridine rings is 1. The third-order valence-electron chi connectivity index (χ3n) is 3.43. The van der Waals surface area contributed by atoms with E-state index in [0.29, 0.717) is 10.0 Å². The zero-order valence-corrected chi connectivity index (χ0v) is 13.3. The van der Waals surface area contributed by atoms with Crippen LogP contribution in [0.15, 0.2) is 39.7 Å². The minimum atomic E-state index is -0.192. The Balaban J connectivity index is 2.36. The molecule has 0 saturated heterocycles. The van der Waals surface area contributed by atoms with Crippen molar-refractivity contribution in [3.8, 4) is 0 Å². The number of benzene rings is 1. The third kappa shape index (κ3) is 2.90. The summed E-state index contributed by atoms with van der Waals surface area (Å²) >= 11 is 3.18. The van der Waals surface area contributed by atoms with Crippen molar-refractivity contribution < 1.29 is 4.79 Å². The van der Waals surface area contributed by atoms with Crippen LogP contribution in [0.2, 0.25) is 0 Å². The molecule has 0 amide bonds. The zero-order valence-electron chi connectivity index (χ0n) is 11.7. The van der Waals surface area contributed by atoms with Crippen molar-refractivity contribution >= 4 is 21.7 Å². The number of rotatable bonds is 3. The Morgan fingerprint density at radius 1 is 1.15 bits per heavy atom. The van der Waals surface area contributed by atoms with Gasteiger partial charge in [-0.25, -0.2) is 0 Å². The second-order valence-corrected chi connectivity index (χ2v) is 5.82. The molecule has 1 aromatic heterocycles. The monoisotopic (exact) mass is 333 g/mol. The molecule has 0 bridgehead atoms. The van der Waals surface area contributed by atoms with Crippen LogP contribution in [0.1, 0.15) is 27.0 Å². The van der Waals surface area contributed by atoms with Gasteiger partial charge in [-0.2, -0.15) is 0 Å². The van der Waals surface area contributed by atoms with E-state index in [2.05, 4.69) is 15.9 Å². The Hall–Kier alpha value is -1.68. The van der Waals surface area contributed by atoms with E-state index >= 15 is 0 Å². The van der Waals surface area contributed by atoms with E-state index in [9.17, 15) is 9.59 Å². The summed E-state index contributed by atoms with van der Waals surface area (Å²) in [6.45, 7) is 5.98. The lowest BCUT2D eigenvalue weighted by atomic mass is 9.98. The fourth-order valence-electron chi connectivity index (χ4n) is 2.13. The molecule has 1 heterocycles. The molecular weight excluding hydrogens is 318 g/mol. The number of hydrogen-bond acceptors (Lipinski definition) is 2. The van der Waals surface area contributed by atoms with E-state index in [-0.39, 0.29) is 17.9 Å². The van der Waals surface area contributed by atoms with Gasteiger partial charge in [0.15, 0.2) is 5.78 Å². The van der Waals surface area contributed by atoms with Gasteiger partial charge >= 0.3 is 0 Å². The van der Waals surface area contributed by atoms with Crippen LogP contribution in [0.3, 0.4) is 0 Å². The van der Waals surface area contributed by atoms with Crippen LogP contribution in [0, 0.1) is 20.8 Å². The van der Waals surface area contributed by atoms with E-state index < -0.39 is 0 Å². The average Bonchev–Trinajstić information content (AvgIpc) is 2.39. The summed E-state index contributed by atoms with van der Waals surface area (Å²) in [6, 6.07) is 7.32. The Morgan fingerprint density at radius 2 is 1.80 bits per heavy atom. The summed E-state index contributed by atoms with van der Waals surface area (Å²) in [5.41, 5.74) is 3.68. The van der Waals surface area contributed by atoms with Crippen LogP contribution >= 0.6 is 15.9 Å². The molecule has 20 heavy (non-hydrogen) atoms. The molecule has 0 aliphatic rings. The molecule has 2 aromatic rings. The summed E-state index contributed by atoms with van der Waals surface area (Å²) in [5, 5.41) is 0. The molecule has 0 radical (unpaired) electrons. The standard InChI is InChI=1S/C16H16BrNO2/c1-10-7-12(3)13(8-11(10)2)15(19)9-18-6-4-5-14(17)16(18)20/h4-8H,9H2,1-3H3. The normalized spacial score (nSPS) is 10.6. The molecule has 4 heteroatoms. The number of nitrogens with zero attached hydrogens (tertiary/aromatic N) is 1. The smallest absolute Gasteiger partial charge is 0.265 e. The first-order valence-corrected chi connectivity index (χ1v) is 7.15. The van der Waals surface area contributed by atoms with Gasteiger partial charge in [0.25, 0.3) is 5.56 Å². The molecule has 0 saturated carbocycles. The number of ketones is 1. The fourth-order valence-corrected chi connectivity index (χ4v) is 2.51. The number of carbonyl (C=O) groups is 1.